The number of rotatable bonds is 10. The molecule has 0 aromatic heterocycles. The standard InChI is InChI=1S/C20H30N2O4/c1-3-13-25-18-7-5-16(15-19(18)26-14-4-2)17(23)6-8-20(24)22-11-9-21-10-12-22/h5,7,15,21H,3-4,6,8-14H2,1-2H3. The van der Waals surface area contributed by atoms with Crippen molar-refractivity contribution in [3.05, 3.63) is 23.8 Å². The highest BCUT2D eigenvalue weighted by molar-refractivity contribution is 5.98. The summed E-state index contributed by atoms with van der Waals surface area (Å²) >= 11 is 0. The Kier molecular flexibility index (Phi) is 8.41. The van der Waals surface area contributed by atoms with Gasteiger partial charge in [0, 0.05) is 44.6 Å². The van der Waals surface area contributed by atoms with E-state index < -0.39 is 0 Å². The van der Waals surface area contributed by atoms with Gasteiger partial charge in [-0.2, -0.15) is 0 Å². The second-order valence-electron chi connectivity index (χ2n) is 6.41. The number of ether oxygens (including phenoxy) is 2. The van der Waals surface area contributed by atoms with Crippen LogP contribution >= 0.6 is 0 Å². The molecule has 0 radical (unpaired) electrons. The maximum Gasteiger partial charge on any atom is 0.223 e. The SMILES string of the molecule is CCCOc1ccc(C(=O)CCC(=O)N2CCNCC2)cc1OCCC. The van der Waals surface area contributed by atoms with Gasteiger partial charge >= 0.3 is 0 Å². The molecule has 6 nitrogen and oxygen atoms in total. The number of hydrogen-bond acceptors (Lipinski definition) is 5. The maximum atomic E-state index is 12.5. The minimum atomic E-state index is -0.0446. The van der Waals surface area contributed by atoms with Gasteiger partial charge in [-0.15, -0.1) is 0 Å². The number of ketones is 1. The molecule has 1 aliphatic rings. The van der Waals surface area contributed by atoms with E-state index in [1.165, 1.54) is 0 Å². The van der Waals surface area contributed by atoms with Crippen LogP contribution in [0, 0.1) is 0 Å². The molecule has 0 atom stereocenters. The van der Waals surface area contributed by atoms with Gasteiger partial charge in [-0.05, 0) is 31.0 Å². The molecule has 1 N–H and O–H groups in total. The van der Waals surface area contributed by atoms with Crippen LogP contribution in [0.25, 0.3) is 0 Å². The molecule has 1 fully saturated rings. The second-order valence-corrected chi connectivity index (χ2v) is 6.41. The van der Waals surface area contributed by atoms with E-state index in [1.54, 1.807) is 18.2 Å². The van der Waals surface area contributed by atoms with Crippen LogP contribution < -0.4 is 14.8 Å². The smallest absolute Gasteiger partial charge is 0.223 e. The second kappa shape index (κ2) is 10.8. The van der Waals surface area contributed by atoms with Crippen LogP contribution in [-0.2, 0) is 4.79 Å². The number of carbonyl (C=O) groups is 2. The first kappa shape index (κ1) is 20.2. The highest BCUT2D eigenvalue weighted by Gasteiger charge is 2.18. The highest BCUT2D eigenvalue weighted by Crippen LogP contribution is 2.29. The number of piperazine rings is 1. The fourth-order valence-electron chi connectivity index (χ4n) is 2.77. The molecule has 1 aromatic carbocycles. The minimum Gasteiger partial charge on any atom is -0.490 e. The molecule has 1 aromatic rings. The summed E-state index contributed by atoms with van der Waals surface area (Å²) in [7, 11) is 0. The number of benzene rings is 1. The quantitative estimate of drug-likeness (QED) is 0.648. The monoisotopic (exact) mass is 362 g/mol. The molecule has 26 heavy (non-hydrogen) atoms. The van der Waals surface area contributed by atoms with E-state index in [0.29, 0.717) is 43.4 Å². The van der Waals surface area contributed by atoms with E-state index in [4.69, 9.17) is 9.47 Å². The van der Waals surface area contributed by atoms with Crippen molar-refractivity contribution in [1.82, 2.24) is 10.2 Å². The predicted molar refractivity (Wildman–Crippen MR) is 101 cm³/mol. The molecule has 0 unspecified atom stereocenters. The summed E-state index contributed by atoms with van der Waals surface area (Å²) in [6.07, 6.45) is 2.25. The molecule has 0 spiro atoms. The lowest BCUT2D eigenvalue weighted by Crippen LogP contribution is -2.46. The van der Waals surface area contributed by atoms with Crippen molar-refractivity contribution in [2.45, 2.75) is 39.5 Å². The van der Waals surface area contributed by atoms with E-state index in [1.807, 2.05) is 18.7 Å². The van der Waals surface area contributed by atoms with Crippen molar-refractivity contribution >= 4 is 11.7 Å². The fourth-order valence-corrected chi connectivity index (χ4v) is 2.77. The normalized spacial score (nSPS) is 14.2. The van der Waals surface area contributed by atoms with Gasteiger partial charge < -0.3 is 19.7 Å². The van der Waals surface area contributed by atoms with Gasteiger partial charge in [-0.25, -0.2) is 0 Å². The predicted octanol–water partition coefficient (Wildman–Crippen LogP) is 2.66. The van der Waals surface area contributed by atoms with E-state index >= 15 is 0 Å². The molecule has 1 saturated heterocycles. The van der Waals surface area contributed by atoms with Crippen LogP contribution in [-0.4, -0.2) is 56.0 Å². The molecule has 0 bridgehead atoms. The average molecular weight is 362 g/mol. The molecular weight excluding hydrogens is 332 g/mol. The van der Waals surface area contributed by atoms with E-state index in [9.17, 15) is 9.59 Å². The lowest BCUT2D eigenvalue weighted by Gasteiger charge is -2.27. The van der Waals surface area contributed by atoms with Crippen LogP contribution in [0.4, 0.5) is 0 Å². The molecule has 1 aliphatic heterocycles. The lowest BCUT2D eigenvalue weighted by atomic mass is 10.1. The molecule has 2 rings (SSSR count). The molecule has 144 valence electrons. The number of nitrogens with zero attached hydrogens (tertiary/aromatic N) is 1. The maximum absolute atomic E-state index is 12.5. The third-order valence-electron chi connectivity index (χ3n) is 4.22. The van der Waals surface area contributed by atoms with Crippen molar-refractivity contribution in [2.75, 3.05) is 39.4 Å². The summed E-state index contributed by atoms with van der Waals surface area (Å²) in [5, 5.41) is 3.22. The first-order valence-electron chi connectivity index (χ1n) is 9.57. The number of hydrogen-bond donors (Lipinski definition) is 1. The van der Waals surface area contributed by atoms with Gasteiger partial charge in [0.15, 0.2) is 17.3 Å². The number of carbonyl (C=O) groups excluding carboxylic acids is 2. The molecule has 6 heteroatoms. The van der Waals surface area contributed by atoms with Crippen LogP contribution in [0.1, 0.15) is 49.9 Å². The van der Waals surface area contributed by atoms with Crippen LogP contribution in [0.3, 0.4) is 0 Å². The Balaban J connectivity index is 1.96. The number of nitrogens with one attached hydrogen (secondary N) is 1. The molecule has 1 amide bonds. The summed E-state index contributed by atoms with van der Waals surface area (Å²) < 4.78 is 11.4. The zero-order valence-corrected chi connectivity index (χ0v) is 15.9. The minimum absolute atomic E-state index is 0.0446. The summed E-state index contributed by atoms with van der Waals surface area (Å²) in [5.41, 5.74) is 0.563. The Morgan fingerprint density at radius 1 is 1.00 bits per heavy atom. The Morgan fingerprint density at radius 2 is 1.65 bits per heavy atom. The molecule has 0 saturated carbocycles. The molecular formula is C20H30N2O4. The lowest BCUT2D eigenvalue weighted by molar-refractivity contribution is -0.131. The third-order valence-corrected chi connectivity index (χ3v) is 4.22. The van der Waals surface area contributed by atoms with Crippen LogP contribution in [0.5, 0.6) is 11.5 Å². The van der Waals surface area contributed by atoms with Gasteiger partial charge in [0.2, 0.25) is 5.91 Å². The largest absolute Gasteiger partial charge is 0.490 e. The Morgan fingerprint density at radius 3 is 2.31 bits per heavy atom. The zero-order valence-electron chi connectivity index (χ0n) is 15.9. The van der Waals surface area contributed by atoms with Crippen LogP contribution in [0.15, 0.2) is 18.2 Å². The van der Waals surface area contributed by atoms with Crippen molar-refractivity contribution in [1.29, 1.82) is 0 Å². The molecule has 1 heterocycles. The summed E-state index contributed by atoms with van der Waals surface area (Å²) in [6, 6.07) is 5.27. The summed E-state index contributed by atoms with van der Waals surface area (Å²) in [4.78, 5) is 26.5. The topological polar surface area (TPSA) is 67.9 Å². The summed E-state index contributed by atoms with van der Waals surface area (Å²) in [6.45, 7) is 8.31. The van der Waals surface area contributed by atoms with Crippen LogP contribution in [0.2, 0.25) is 0 Å². The van der Waals surface area contributed by atoms with Crippen molar-refractivity contribution in [2.24, 2.45) is 0 Å². The highest BCUT2D eigenvalue weighted by atomic mass is 16.5. The van der Waals surface area contributed by atoms with Gasteiger partial charge in [-0.3, -0.25) is 9.59 Å². The first-order valence-corrected chi connectivity index (χ1v) is 9.57. The Labute approximate surface area is 155 Å². The van der Waals surface area contributed by atoms with Crippen molar-refractivity contribution < 1.29 is 19.1 Å². The third kappa shape index (κ3) is 6.02. The molecule has 0 aliphatic carbocycles. The average Bonchev–Trinajstić information content (AvgIpc) is 2.69. The van der Waals surface area contributed by atoms with Gasteiger partial charge in [0.05, 0.1) is 13.2 Å². The van der Waals surface area contributed by atoms with Crippen molar-refractivity contribution in [3.63, 3.8) is 0 Å². The van der Waals surface area contributed by atoms with Gasteiger partial charge in [0.1, 0.15) is 0 Å². The number of amides is 1. The van der Waals surface area contributed by atoms with E-state index in [2.05, 4.69) is 5.32 Å². The van der Waals surface area contributed by atoms with Gasteiger partial charge in [-0.1, -0.05) is 13.8 Å². The Bertz CT molecular complexity index is 597. The van der Waals surface area contributed by atoms with Gasteiger partial charge in [0.25, 0.3) is 0 Å². The fraction of sp³-hybridized carbons (Fsp3) is 0.600. The van der Waals surface area contributed by atoms with Crippen molar-refractivity contribution in [3.8, 4) is 11.5 Å². The summed E-state index contributed by atoms with van der Waals surface area (Å²) in [5.74, 6) is 1.26. The number of Topliss-reactive ketones (excluding diaryl/α,β-unsaturated/α-hetero) is 1. The zero-order chi connectivity index (χ0) is 18.8. The van der Waals surface area contributed by atoms with E-state index in [-0.39, 0.29) is 24.5 Å². The first-order chi connectivity index (χ1) is 12.7. The Hall–Kier alpha value is -2.08. The van der Waals surface area contributed by atoms with E-state index in [0.717, 1.165) is 25.9 Å².